The van der Waals surface area contributed by atoms with Crippen LogP contribution in [0.1, 0.15) is 24.4 Å². The van der Waals surface area contributed by atoms with Gasteiger partial charge in [-0.1, -0.05) is 0 Å². The molecular formula is C14H23N3O2. The fourth-order valence-corrected chi connectivity index (χ4v) is 2.54. The molecule has 1 amide bonds. The van der Waals surface area contributed by atoms with Crippen molar-refractivity contribution >= 4 is 5.91 Å². The molecule has 1 unspecified atom stereocenters. The largest absolute Gasteiger partial charge is 0.465 e. The van der Waals surface area contributed by atoms with Gasteiger partial charge in [0, 0.05) is 19.6 Å². The summed E-state index contributed by atoms with van der Waals surface area (Å²) in [5.74, 6) is 2.12. The van der Waals surface area contributed by atoms with Gasteiger partial charge in [0.1, 0.15) is 11.5 Å². The highest BCUT2D eigenvalue weighted by Gasteiger charge is 2.25. The Morgan fingerprint density at radius 2 is 2.42 bits per heavy atom. The second-order valence-corrected chi connectivity index (χ2v) is 5.17. The van der Waals surface area contributed by atoms with Crippen molar-refractivity contribution in [2.24, 2.45) is 11.7 Å². The first kappa shape index (κ1) is 14.1. The van der Waals surface area contributed by atoms with Gasteiger partial charge in [0.05, 0.1) is 12.5 Å². The Morgan fingerprint density at radius 1 is 1.58 bits per heavy atom. The summed E-state index contributed by atoms with van der Waals surface area (Å²) < 4.78 is 5.59. The highest BCUT2D eigenvalue weighted by molar-refractivity contribution is 5.78. The molecule has 5 heteroatoms. The topological polar surface area (TPSA) is 71.5 Å². The quantitative estimate of drug-likeness (QED) is 0.829. The van der Waals surface area contributed by atoms with Crippen LogP contribution in [0.15, 0.2) is 16.5 Å². The number of rotatable bonds is 5. The van der Waals surface area contributed by atoms with Crippen LogP contribution in [-0.4, -0.2) is 37.0 Å². The average Bonchev–Trinajstić information content (AvgIpc) is 2.81. The standard InChI is InChI=1S/C14H23N3O2/c1-11-4-5-13(19-11)10-17-8-2-3-12(9-17)14(18)16-7-6-15/h4-5,12H,2-3,6-10,15H2,1H3,(H,16,18). The van der Waals surface area contributed by atoms with Gasteiger partial charge in [0.15, 0.2) is 0 Å². The van der Waals surface area contributed by atoms with Crippen LogP contribution >= 0.6 is 0 Å². The van der Waals surface area contributed by atoms with Crippen molar-refractivity contribution in [1.29, 1.82) is 0 Å². The summed E-state index contributed by atoms with van der Waals surface area (Å²) in [5.41, 5.74) is 5.40. The molecule has 0 aromatic carbocycles. The summed E-state index contributed by atoms with van der Waals surface area (Å²) in [6.07, 6.45) is 2.02. The first-order valence-electron chi connectivity index (χ1n) is 6.94. The minimum atomic E-state index is 0.0800. The lowest BCUT2D eigenvalue weighted by atomic mass is 9.97. The van der Waals surface area contributed by atoms with Gasteiger partial charge < -0.3 is 15.5 Å². The molecule has 0 aliphatic carbocycles. The first-order valence-corrected chi connectivity index (χ1v) is 6.94. The molecule has 0 saturated carbocycles. The van der Waals surface area contributed by atoms with E-state index in [2.05, 4.69) is 10.2 Å². The maximum atomic E-state index is 11.9. The third-order valence-electron chi connectivity index (χ3n) is 3.50. The van der Waals surface area contributed by atoms with E-state index >= 15 is 0 Å². The molecule has 106 valence electrons. The molecule has 2 heterocycles. The van der Waals surface area contributed by atoms with Crippen LogP contribution in [0.4, 0.5) is 0 Å². The molecule has 1 aliphatic heterocycles. The SMILES string of the molecule is Cc1ccc(CN2CCCC(C(=O)NCCN)C2)o1. The van der Waals surface area contributed by atoms with E-state index in [4.69, 9.17) is 10.2 Å². The molecule has 1 saturated heterocycles. The fourth-order valence-electron chi connectivity index (χ4n) is 2.54. The van der Waals surface area contributed by atoms with Crippen LogP contribution in [0, 0.1) is 12.8 Å². The zero-order valence-corrected chi connectivity index (χ0v) is 11.5. The lowest BCUT2D eigenvalue weighted by Gasteiger charge is -2.31. The Hall–Kier alpha value is -1.33. The maximum Gasteiger partial charge on any atom is 0.224 e. The van der Waals surface area contributed by atoms with Gasteiger partial charge in [-0.25, -0.2) is 0 Å². The summed E-state index contributed by atoms with van der Waals surface area (Å²) in [5, 5.41) is 2.88. The van der Waals surface area contributed by atoms with E-state index < -0.39 is 0 Å². The van der Waals surface area contributed by atoms with Crippen LogP contribution in [0.2, 0.25) is 0 Å². The third kappa shape index (κ3) is 4.08. The van der Waals surface area contributed by atoms with Crippen LogP contribution < -0.4 is 11.1 Å². The Kier molecular flexibility index (Phi) is 4.99. The minimum absolute atomic E-state index is 0.0800. The summed E-state index contributed by atoms with van der Waals surface area (Å²) in [7, 11) is 0. The molecule has 2 rings (SSSR count). The van der Waals surface area contributed by atoms with E-state index in [9.17, 15) is 4.79 Å². The molecule has 19 heavy (non-hydrogen) atoms. The molecular weight excluding hydrogens is 242 g/mol. The molecule has 1 aromatic heterocycles. The maximum absolute atomic E-state index is 11.9. The number of amides is 1. The number of nitrogens with zero attached hydrogens (tertiary/aromatic N) is 1. The summed E-state index contributed by atoms with van der Waals surface area (Å²) in [6.45, 7) is 5.62. The molecule has 0 spiro atoms. The molecule has 1 atom stereocenters. The van der Waals surface area contributed by atoms with Gasteiger partial charge >= 0.3 is 0 Å². The van der Waals surface area contributed by atoms with Crippen molar-refractivity contribution in [3.05, 3.63) is 23.7 Å². The van der Waals surface area contributed by atoms with Crippen LogP contribution in [0.5, 0.6) is 0 Å². The van der Waals surface area contributed by atoms with Gasteiger partial charge in [0.25, 0.3) is 0 Å². The lowest BCUT2D eigenvalue weighted by Crippen LogP contribution is -2.43. The van der Waals surface area contributed by atoms with E-state index in [1.165, 1.54) is 0 Å². The zero-order valence-electron chi connectivity index (χ0n) is 11.5. The molecule has 1 fully saturated rings. The number of carbonyl (C=O) groups is 1. The Bertz CT molecular complexity index is 417. The number of furan rings is 1. The van der Waals surface area contributed by atoms with E-state index in [0.29, 0.717) is 13.1 Å². The normalized spacial score (nSPS) is 20.4. The molecule has 5 nitrogen and oxygen atoms in total. The number of nitrogens with two attached hydrogens (primary N) is 1. The average molecular weight is 265 g/mol. The van der Waals surface area contributed by atoms with Crippen molar-refractivity contribution in [2.45, 2.75) is 26.3 Å². The van der Waals surface area contributed by atoms with E-state index in [1.54, 1.807) is 0 Å². The van der Waals surface area contributed by atoms with Crippen molar-refractivity contribution in [3.8, 4) is 0 Å². The fraction of sp³-hybridized carbons (Fsp3) is 0.643. The zero-order chi connectivity index (χ0) is 13.7. The first-order chi connectivity index (χ1) is 9.19. The highest BCUT2D eigenvalue weighted by atomic mass is 16.3. The summed E-state index contributed by atoms with van der Waals surface area (Å²) >= 11 is 0. The Balaban J connectivity index is 1.84. The second-order valence-electron chi connectivity index (χ2n) is 5.17. The number of hydrogen-bond acceptors (Lipinski definition) is 4. The van der Waals surface area contributed by atoms with Crippen LogP contribution in [0.25, 0.3) is 0 Å². The molecule has 0 radical (unpaired) electrons. The monoisotopic (exact) mass is 265 g/mol. The molecule has 1 aromatic rings. The summed E-state index contributed by atoms with van der Waals surface area (Å²) in [4.78, 5) is 14.2. The number of carbonyl (C=O) groups excluding carboxylic acids is 1. The lowest BCUT2D eigenvalue weighted by molar-refractivity contribution is -0.126. The number of piperidine rings is 1. The number of aryl methyl sites for hydroxylation is 1. The molecule has 3 N–H and O–H groups in total. The van der Waals surface area contributed by atoms with Gasteiger partial charge in [-0.2, -0.15) is 0 Å². The van der Waals surface area contributed by atoms with Gasteiger partial charge in [-0.3, -0.25) is 9.69 Å². The smallest absolute Gasteiger partial charge is 0.224 e. The van der Waals surface area contributed by atoms with E-state index in [0.717, 1.165) is 44.0 Å². The van der Waals surface area contributed by atoms with E-state index in [1.807, 2.05) is 19.1 Å². The summed E-state index contributed by atoms with van der Waals surface area (Å²) in [6, 6.07) is 3.98. The second kappa shape index (κ2) is 6.73. The van der Waals surface area contributed by atoms with Gasteiger partial charge in [-0.05, 0) is 38.4 Å². The third-order valence-corrected chi connectivity index (χ3v) is 3.50. The van der Waals surface area contributed by atoms with Crippen molar-refractivity contribution in [2.75, 3.05) is 26.2 Å². The van der Waals surface area contributed by atoms with Crippen molar-refractivity contribution in [1.82, 2.24) is 10.2 Å². The van der Waals surface area contributed by atoms with Crippen molar-refractivity contribution < 1.29 is 9.21 Å². The molecule has 1 aliphatic rings. The number of nitrogens with one attached hydrogen (secondary N) is 1. The minimum Gasteiger partial charge on any atom is -0.465 e. The Labute approximate surface area is 114 Å². The molecule has 0 bridgehead atoms. The van der Waals surface area contributed by atoms with Gasteiger partial charge in [0.2, 0.25) is 5.91 Å². The van der Waals surface area contributed by atoms with Crippen molar-refractivity contribution in [3.63, 3.8) is 0 Å². The van der Waals surface area contributed by atoms with E-state index in [-0.39, 0.29) is 11.8 Å². The number of hydrogen-bond donors (Lipinski definition) is 2. The predicted octanol–water partition coefficient (Wildman–Crippen LogP) is 0.875. The highest BCUT2D eigenvalue weighted by Crippen LogP contribution is 2.19. The predicted molar refractivity (Wildman–Crippen MR) is 73.5 cm³/mol. The Morgan fingerprint density at radius 3 is 3.11 bits per heavy atom. The van der Waals surface area contributed by atoms with Crippen LogP contribution in [0.3, 0.4) is 0 Å². The van der Waals surface area contributed by atoms with Gasteiger partial charge in [-0.15, -0.1) is 0 Å². The van der Waals surface area contributed by atoms with Crippen LogP contribution in [-0.2, 0) is 11.3 Å². The number of likely N-dealkylation sites (tertiary alicyclic amines) is 1.